The molecule has 6 rings (SSSR count). The number of thiazole rings is 1. The third-order valence-electron chi connectivity index (χ3n) is 8.67. The van der Waals surface area contributed by atoms with Gasteiger partial charge < -0.3 is 13.9 Å². The predicted molar refractivity (Wildman–Crippen MR) is 196 cm³/mol. The maximum Gasteiger partial charge on any atom is 0.265 e. The standard InChI is InChI=1S/C36H45N4S4/c1-26(40(5,6)7)15-18-38-30-22-27(29-16-21-41-25-29)11-13-33(30)44-36(38)24-35-37(17-9-19-39(2,3)4)31-23-28(12-14-34(31)43-35)32-10-8-20-42-32/h8,10-14,16,20-26H,9,15,17-19H2,1-7H3/q+3. The van der Waals surface area contributed by atoms with E-state index in [1.807, 2.05) is 34.4 Å². The molecule has 1 aliphatic heterocycles. The lowest BCUT2D eigenvalue weighted by molar-refractivity contribution is -0.894. The first kappa shape index (κ1) is 31.5. The topological polar surface area (TPSA) is 7.12 Å². The number of aromatic nitrogens is 1. The van der Waals surface area contributed by atoms with Crippen molar-refractivity contribution in [1.29, 1.82) is 0 Å². The van der Waals surface area contributed by atoms with Gasteiger partial charge in [-0.25, -0.2) is 0 Å². The molecular weight excluding hydrogens is 617 g/mol. The Hall–Kier alpha value is -2.46. The second kappa shape index (κ2) is 12.7. The van der Waals surface area contributed by atoms with Crippen LogP contribution in [0.4, 0.5) is 5.69 Å². The van der Waals surface area contributed by atoms with Crippen LogP contribution in [0.3, 0.4) is 0 Å². The molecule has 0 spiro atoms. The van der Waals surface area contributed by atoms with E-state index in [1.165, 1.54) is 52.4 Å². The van der Waals surface area contributed by atoms with Gasteiger partial charge in [-0.1, -0.05) is 41.3 Å². The Morgan fingerprint density at radius 2 is 1.73 bits per heavy atom. The van der Waals surface area contributed by atoms with Crippen LogP contribution in [0.25, 0.3) is 37.9 Å². The molecule has 0 saturated carbocycles. The van der Waals surface area contributed by atoms with Gasteiger partial charge in [0.05, 0.1) is 78.1 Å². The SMILES string of the molecule is CC(CCN1C(=Cc2sc3ccc(-c4cccs4)cc3[n+]2CCC[N+](C)(C)C)Sc2ccc(-c3ccsc3)cc21)[N+](C)(C)C. The highest BCUT2D eigenvalue weighted by atomic mass is 32.2. The van der Waals surface area contributed by atoms with E-state index in [2.05, 4.69) is 135 Å². The zero-order valence-corrected chi connectivity index (χ0v) is 30.3. The van der Waals surface area contributed by atoms with Crippen LogP contribution in [-0.4, -0.2) is 70.4 Å². The Morgan fingerprint density at radius 1 is 0.909 bits per heavy atom. The molecule has 0 N–H and O–H groups in total. The molecule has 1 aliphatic rings. The smallest absolute Gasteiger partial charge is 0.265 e. The van der Waals surface area contributed by atoms with Crippen molar-refractivity contribution in [2.45, 2.75) is 37.2 Å². The van der Waals surface area contributed by atoms with Gasteiger partial charge in [0, 0.05) is 28.8 Å². The summed E-state index contributed by atoms with van der Waals surface area (Å²) in [7, 11) is 13.8. The number of quaternary nitrogens is 2. The number of hydrogen-bond donors (Lipinski definition) is 0. The summed E-state index contributed by atoms with van der Waals surface area (Å²) < 4.78 is 5.90. The summed E-state index contributed by atoms with van der Waals surface area (Å²) >= 11 is 7.44. The number of rotatable bonds is 11. The largest absolute Gasteiger partial charge is 0.335 e. The number of aryl methyl sites for hydroxylation is 1. The fourth-order valence-electron chi connectivity index (χ4n) is 5.59. The summed E-state index contributed by atoms with van der Waals surface area (Å²) in [4.78, 5) is 5.28. The molecule has 0 aliphatic carbocycles. The number of benzene rings is 2. The maximum atomic E-state index is 2.60. The van der Waals surface area contributed by atoms with Crippen molar-refractivity contribution in [1.82, 2.24) is 0 Å². The zero-order chi connectivity index (χ0) is 31.1. The minimum atomic E-state index is 0.561. The first-order chi connectivity index (χ1) is 21.0. The van der Waals surface area contributed by atoms with Crippen molar-refractivity contribution in [3.05, 3.63) is 80.8 Å². The molecule has 2 aromatic carbocycles. The van der Waals surface area contributed by atoms with Crippen molar-refractivity contribution >= 4 is 67.8 Å². The second-order valence-corrected chi connectivity index (χ2v) is 17.7. The highest BCUT2D eigenvalue weighted by Gasteiger charge is 2.30. The molecule has 4 heterocycles. The number of hydrogen-bond acceptors (Lipinski definition) is 5. The number of nitrogens with zero attached hydrogens (tertiary/aromatic N) is 4. The number of fused-ring (bicyclic) bond motifs is 2. The summed E-state index contributed by atoms with van der Waals surface area (Å²) in [5.41, 5.74) is 6.61. The van der Waals surface area contributed by atoms with E-state index in [4.69, 9.17) is 0 Å². The van der Waals surface area contributed by atoms with Crippen molar-refractivity contribution in [2.24, 2.45) is 0 Å². The van der Waals surface area contributed by atoms with Gasteiger partial charge >= 0.3 is 0 Å². The molecule has 0 saturated heterocycles. The average molecular weight is 662 g/mol. The van der Waals surface area contributed by atoms with Crippen LogP contribution in [0.15, 0.2) is 80.7 Å². The van der Waals surface area contributed by atoms with Gasteiger partial charge in [0.2, 0.25) is 5.52 Å². The summed E-state index contributed by atoms with van der Waals surface area (Å²) in [6.45, 7) is 5.55. The van der Waals surface area contributed by atoms with Crippen molar-refractivity contribution in [3.63, 3.8) is 0 Å². The first-order valence-corrected chi connectivity index (χ1v) is 18.9. The summed E-state index contributed by atoms with van der Waals surface area (Å²) in [5.74, 6) is 0. The molecule has 0 fully saturated rings. The van der Waals surface area contributed by atoms with Gasteiger partial charge in [0.25, 0.3) is 5.01 Å². The molecule has 44 heavy (non-hydrogen) atoms. The monoisotopic (exact) mass is 661 g/mol. The summed E-state index contributed by atoms with van der Waals surface area (Å²) in [6, 6.07) is 21.2. The molecule has 0 radical (unpaired) electrons. The van der Waals surface area contributed by atoms with Crippen LogP contribution < -0.4 is 9.47 Å². The van der Waals surface area contributed by atoms with E-state index in [1.54, 1.807) is 11.3 Å². The molecule has 4 nitrogen and oxygen atoms in total. The zero-order valence-electron chi connectivity index (χ0n) is 27.0. The molecule has 1 unspecified atom stereocenters. The van der Waals surface area contributed by atoms with Gasteiger partial charge in [-0.3, -0.25) is 0 Å². The average Bonchev–Trinajstić information content (AvgIpc) is 3.77. The van der Waals surface area contributed by atoms with E-state index in [-0.39, 0.29) is 0 Å². The van der Waals surface area contributed by atoms with Crippen molar-refractivity contribution in [2.75, 3.05) is 60.3 Å². The second-order valence-electron chi connectivity index (χ2n) is 13.8. The normalized spacial score (nSPS) is 15.4. The Labute approximate surface area is 279 Å². The predicted octanol–water partition coefficient (Wildman–Crippen LogP) is 9.14. The van der Waals surface area contributed by atoms with Crippen LogP contribution in [0.2, 0.25) is 0 Å². The summed E-state index contributed by atoms with van der Waals surface area (Å²) in [5, 5.41) is 9.27. The van der Waals surface area contributed by atoms with Crippen LogP contribution in [0.1, 0.15) is 24.8 Å². The molecular formula is C36H45N4S4+3. The number of thiophene rings is 2. The lowest BCUT2D eigenvalue weighted by atomic mass is 10.1. The Kier molecular flexibility index (Phi) is 9.12. The van der Waals surface area contributed by atoms with E-state index >= 15 is 0 Å². The minimum absolute atomic E-state index is 0.561. The third-order valence-corrected chi connectivity index (χ3v) is 12.5. The van der Waals surface area contributed by atoms with Gasteiger partial charge in [-0.15, -0.1) is 11.3 Å². The van der Waals surface area contributed by atoms with Gasteiger partial charge in [-0.05, 0) is 70.1 Å². The Morgan fingerprint density at radius 3 is 2.43 bits per heavy atom. The van der Waals surface area contributed by atoms with Gasteiger partial charge in [-0.2, -0.15) is 15.9 Å². The lowest BCUT2D eigenvalue weighted by Crippen LogP contribution is -2.44. The van der Waals surface area contributed by atoms with Gasteiger partial charge in [0.15, 0.2) is 6.54 Å². The first-order valence-electron chi connectivity index (χ1n) is 15.4. The van der Waals surface area contributed by atoms with E-state index < -0.39 is 0 Å². The van der Waals surface area contributed by atoms with E-state index in [0.29, 0.717) is 6.04 Å². The molecule has 8 heteroatoms. The van der Waals surface area contributed by atoms with Crippen LogP contribution >= 0.6 is 45.8 Å². The fourth-order valence-corrected chi connectivity index (χ4v) is 9.27. The third kappa shape index (κ3) is 7.01. The van der Waals surface area contributed by atoms with Crippen LogP contribution in [0.5, 0.6) is 0 Å². The Balaban J connectivity index is 1.41. The molecule has 5 aromatic rings. The molecule has 1 atom stereocenters. The lowest BCUT2D eigenvalue weighted by Gasteiger charge is -2.33. The van der Waals surface area contributed by atoms with Crippen molar-refractivity contribution < 1.29 is 13.5 Å². The van der Waals surface area contributed by atoms with Gasteiger partial charge in [0.1, 0.15) is 4.70 Å². The number of thioether (sulfide) groups is 1. The molecule has 3 aromatic heterocycles. The van der Waals surface area contributed by atoms with E-state index in [9.17, 15) is 0 Å². The maximum absolute atomic E-state index is 2.60. The molecule has 230 valence electrons. The van der Waals surface area contributed by atoms with Crippen LogP contribution in [-0.2, 0) is 6.54 Å². The Bertz CT molecular complexity index is 1750. The minimum Gasteiger partial charge on any atom is -0.335 e. The number of anilines is 1. The highest BCUT2D eigenvalue weighted by Crippen LogP contribution is 2.48. The molecule has 0 amide bonds. The van der Waals surface area contributed by atoms with E-state index in [0.717, 1.165) is 41.4 Å². The molecule has 0 bridgehead atoms. The quantitative estimate of drug-likeness (QED) is 0.103. The van der Waals surface area contributed by atoms with Crippen molar-refractivity contribution in [3.8, 4) is 21.6 Å². The summed E-state index contributed by atoms with van der Waals surface area (Å²) in [6.07, 6.45) is 4.75. The fraction of sp³-hybridized carbons (Fsp3) is 0.361. The van der Waals surface area contributed by atoms with Crippen LogP contribution in [0, 0.1) is 0 Å². The highest BCUT2D eigenvalue weighted by molar-refractivity contribution is 8.03.